The minimum Gasteiger partial charge on any atom is -0.493 e. The summed E-state index contributed by atoms with van der Waals surface area (Å²) in [7, 11) is 0. The first-order valence-corrected chi connectivity index (χ1v) is 27.1. The van der Waals surface area contributed by atoms with E-state index in [1.807, 2.05) is 52.0 Å². The molecule has 76 heavy (non-hydrogen) atoms. The average Bonchev–Trinajstić information content (AvgIpc) is 3.39. The Morgan fingerprint density at radius 2 is 0.763 bits per heavy atom. The number of nitrogens with one attached hydrogen (secondary N) is 4. The first-order valence-electron chi connectivity index (χ1n) is 27.1. The van der Waals surface area contributed by atoms with Crippen LogP contribution in [0.4, 0.5) is 0 Å². The molecule has 2 atom stereocenters. The summed E-state index contributed by atoms with van der Waals surface area (Å²) in [6, 6.07) is 23.1. The third-order valence-electron chi connectivity index (χ3n) is 12.9. The van der Waals surface area contributed by atoms with Crippen LogP contribution in [0, 0.1) is 11.8 Å². The summed E-state index contributed by atoms with van der Waals surface area (Å²) < 4.78 is 27.0. The van der Waals surface area contributed by atoms with Crippen molar-refractivity contribution in [1.82, 2.24) is 26.5 Å². The summed E-state index contributed by atoms with van der Waals surface area (Å²) in [5, 5.41) is 14.6. The second-order valence-electron chi connectivity index (χ2n) is 20.4. The van der Waals surface area contributed by atoms with Crippen LogP contribution in [-0.4, -0.2) is 79.6 Å². The molecule has 15 nitrogen and oxygen atoms in total. The maximum absolute atomic E-state index is 14.0. The first-order chi connectivity index (χ1) is 36.8. The van der Waals surface area contributed by atoms with Gasteiger partial charge < -0.3 is 29.6 Å². The quantitative estimate of drug-likeness (QED) is 0.0731. The van der Waals surface area contributed by atoms with Gasteiger partial charge in [0.05, 0.1) is 38.9 Å². The first kappa shape index (κ1) is 56.2. The van der Waals surface area contributed by atoms with Crippen molar-refractivity contribution < 1.29 is 38.1 Å². The highest BCUT2D eigenvalue weighted by Crippen LogP contribution is 2.40. The van der Waals surface area contributed by atoms with Crippen LogP contribution in [0.1, 0.15) is 171 Å². The number of carbonyl (C=O) groups excluding carboxylic acids is 4. The van der Waals surface area contributed by atoms with Gasteiger partial charge in [0.15, 0.2) is 0 Å². The van der Waals surface area contributed by atoms with Gasteiger partial charge in [-0.2, -0.15) is 10.2 Å². The topological polar surface area (TPSA) is 191 Å². The predicted molar refractivity (Wildman–Crippen MR) is 297 cm³/mol. The second-order valence-corrected chi connectivity index (χ2v) is 20.4. The van der Waals surface area contributed by atoms with Crippen LogP contribution in [0.5, 0.6) is 23.0 Å². The van der Waals surface area contributed by atoms with Crippen molar-refractivity contribution in [2.24, 2.45) is 22.0 Å². The van der Waals surface area contributed by atoms with E-state index in [9.17, 15) is 19.2 Å². The van der Waals surface area contributed by atoms with Crippen LogP contribution >= 0.6 is 0 Å². The lowest BCUT2D eigenvalue weighted by molar-refractivity contribution is -0.124. The molecule has 0 radical (unpaired) electrons. The van der Waals surface area contributed by atoms with Crippen molar-refractivity contribution in [2.45, 2.75) is 132 Å². The lowest BCUT2D eigenvalue weighted by atomic mass is 9.90. The molecule has 0 fully saturated rings. The number of nitrogens with zero attached hydrogens (tertiary/aromatic N) is 3. The Kier molecular flexibility index (Phi) is 20.2. The Hall–Kier alpha value is -7.55. The SMILES string of the molecule is CCCOc1c2cccc1Cc1cc3cc(c1OCCC)Cc1cccc(c1OCCC)Cc1cc(cc(c1OCCC)C2)/C=N/NC(=O)[C@H](CC(C)C)NC(=O)c1cccc(n1)C(=O)N[C@@H](CC(C)C)C(=O)N/N=C/3. The van der Waals surface area contributed by atoms with E-state index in [1.165, 1.54) is 18.2 Å². The zero-order chi connectivity index (χ0) is 54.1. The molecule has 0 saturated carbocycles. The van der Waals surface area contributed by atoms with Gasteiger partial charge in [0.1, 0.15) is 46.5 Å². The van der Waals surface area contributed by atoms with E-state index in [-0.39, 0.29) is 23.2 Å². The molecule has 4 aromatic carbocycles. The zero-order valence-corrected chi connectivity index (χ0v) is 45.5. The molecule has 0 unspecified atom stereocenters. The van der Waals surface area contributed by atoms with Crippen LogP contribution in [0.2, 0.25) is 0 Å². The van der Waals surface area contributed by atoms with Crippen molar-refractivity contribution in [3.05, 3.63) is 146 Å². The van der Waals surface area contributed by atoms with Crippen LogP contribution in [-0.2, 0) is 35.3 Å². The highest BCUT2D eigenvalue weighted by atomic mass is 16.5. The summed E-state index contributed by atoms with van der Waals surface area (Å²) in [6.07, 6.45) is 8.76. The van der Waals surface area contributed by atoms with Crippen molar-refractivity contribution in [1.29, 1.82) is 0 Å². The van der Waals surface area contributed by atoms with Gasteiger partial charge in [-0.05, 0) is 142 Å². The van der Waals surface area contributed by atoms with E-state index in [0.29, 0.717) is 65.0 Å². The molecule has 2 aliphatic heterocycles. The fraction of sp³-hybridized carbons (Fsp3) is 0.426. The Morgan fingerprint density at radius 3 is 1.07 bits per heavy atom. The van der Waals surface area contributed by atoms with Gasteiger partial charge in [-0.3, -0.25) is 19.2 Å². The van der Waals surface area contributed by atoms with E-state index >= 15 is 0 Å². The van der Waals surface area contributed by atoms with Gasteiger partial charge in [0.25, 0.3) is 23.6 Å². The maximum Gasteiger partial charge on any atom is 0.270 e. The molecule has 1 aliphatic carbocycles. The number of fused-ring (bicyclic) bond motifs is 10. The molecule has 5 aromatic rings. The predicted octanol–water partition coefficient (Wildman–Crippen LogP) is 9.82. The van der Waals surface area contributed by atoms with Crippen LogP contribution < -0.4 is 40.4 Å². The molecule has 3 aliphatic rings. The number of rotatable bonds is 16. The Balaban J connectivity index is 1.48. The molecule has 4 N–H and O–H groups in total. The number of pyridine rings is 1. The molecule has 402 valence electrons. The lowest BCUT2D eigenvalue weighted by Crippen LogP contribution is -2.47. The summed E-state index contributed by atoms with van der Waals surface area (Å²) in [4.78, 5) is 60.1. The fourth-order valence-electron chi connectivity index (χ4n) is 9.50. The van der Waals surface area contributed by atoms with Gasteiger partial charge in [0, 0.05) is 25.7 Å². The van der Waals surface area contributed by atoms with Gasteiger partial charge >= 0.3 is 0 Å². The van der Waals surface area contributed by atoms with Crippen molar-refractivity contribution >= 4 is 36.1 Å². The smallest absolute Gasteiger partial charge is 0.270 e. The van der Waals surface area contributed by atoms with Gasteiger partial charge in [-0.25, -0.2) is 15.8 Å². The number of aromatic nitrogens is 1. The highest BCUT2D eigenvalue weighted by Gasteiger charge is 2.28. The number of ether oxygens (including phenoxy) is 4. The summed E-state index contributed by atoms with van der Waals surface area (Å²) >= 11 is 0. The summed E-state index contributed by atoms with van der Waals surface area (Å²) in [6.45, 7) is 18.1. The Bertz CT molecular complexity index is 2630. The van der Waals surface area contributed by atoms with Gasteiger partial charge in [0.2, 0.25) is 0 Å². The largest absolute Gasteiger partial charge is 0.493 e. The van der Waals surface area contributed by atoms with Gasteiger partial charge in [-0.15, -0.1) is 0 Å². The Morgan fingerprint density at radius 1 is 0.461 bits per heavy atom. The molecule has 8 rings (SSSR count). The molecular weight excluding hydrogens is 959 g/mol. The molecule has 4 amide bonds. The fourth-order valence-corrected chi connectivity index (χ4v) is 9.50. The van der Waals surface area contributed by atoms with Crippen LogP contribution in [0.15, 0.2) is 89.1 Å². The number of hydrogen-bond acceptors (Lipinski definition) is 11. The number of hydrazone groups is 2. The monoisotopic (exact) mass is 1030 g/mol. The van der Waals surface area contributed by atoms with E-state index in [1.54, 1.807) is 12.4 Å². The van der Waals surface area contributed by atoms with Crippen LogP contribution in [0.25, 0.3) is 0 Å². The van der Waals surface area contributed by atoms with Gasteiger partial charge in [-0.1, -0.05) is 97.9 Å². The third-order valence-corrected chi connectivity index (χ3v) is 12.9. The molecule has 0 spiro atoms. The maximum atomic E-state index is 14.0. The molecule has 3 heterocycles. The highest BCUT2D eigenvalue weighted by molar-refractivity contribution is 5.99. The summed E-state index contributed by atoms with van der Waals surface area (Å²) in [5.74, 6) is 0.711. The normalized spacial score (nSPS) is 16.9. The van der Waals surface area contributed by atoms with Crippen molar-refractivity contribution in [3.63, 3.8) is 0 Å². The Labute approximate surface area is 448 Å². The van der Waals surface area contributed by atoms with E-state index in [4.69, 9.17) is 18.9 Å². The van der Waals surface area contributed by atoms with E-state index in [2.05, 4.69) is 101 Å². The van der Waals surface area contributed by atoms with Crippen LogP contribution in [0.3, 0.4) is 0 Å². The number of amides is 4. The molecular formula is C61H75N7O8. The molecule has 12 bridgehead atoms. The lowest BCUT2D eigenvalue weighted by Gasteiger charge is -2.23. The van der Waals surface area contributed by atoms with Crippen molar-refractivity contribution in [3.8, 4) is 23.0 Å². The van der Waals surface area contributed by atoms with Crippen molar-refractivity contribution in [2.75, 3.05) is 26.4 Å². The standard InChI is InChI=1S/C61H75N7O8/c1-9-22-73-54-42-16-13-17-43(54)33-47-29-41-31-49(57(47)76-25-12-4)35-45-19-14-18-44(55(45)74-23-10-2)34-48-30-40(28-46(32-42)56(48)75-24-11-3)36-62-67-60(71)52(26-38(5)6)65-58(69)50-20-15-21-51(64-50)59(70)66-53(27-39(7)8)61(72)68-63-37-41/h13-21,28-31,36-39,52-53H,9-12,22-27,32-35H2,1-8H3,(H,65,69)(H,66,70)(H,67,71)(H,68,72)/b62-36+,63-37+/t52-,53-/m0/s1. The minimum absolute atomic E-state index is 0.00923. The number of hydrogen-bond donors (Lipinski definition) is 4. The number of carbonyl (C=O) groups is 4. The second kappa shape index (κ2) is 27.3. The number of para-hydroxylation sites is 2. The molecule has 0 saturated heterocycles. The molecule has 1 aromatic heterocycles. The van der Waals surface area contributed by atoms with E-state index < -0.39 is 35.7 Å². The minimum atomic E-state index is -0.997. The third kappa shape index (κ3) is 14.9. The number of benzene rings is 4. The van der Waals surface area contributed by atoms with E-state index in [0.717, 1.165) is 104 Å². The zero-order valence-electron chi connectivity index (χ0n) is 45.5. The summed E-state index contributed by atoms with van der Waals surface area (Å²) in [5.41, 5.74) is 14.2. The molecule has 15 heteroatoms. The average molecular weight is 1030 g/mol.